The molecular weight excluding hydrogens is 314 g/mol. The van der Waals surface area contributed by atoms with Crippen molar-refractivity contribution in [1.29, 1.82) is 0 Å². The van der Waals surface area contributed by atoms with Crippen molar-refractivity contribution in [3.05, 3.63) is 60.4 Å². The second kappa shape index (κ2) is 8.19. The summed E-state index contributed by atoms with van der Waals surface area (Å²) in [4.78, 5) is 28.1. The van der Waals surface area contributed by atoms with Crippen molar-refractivity contribution in [3.63, 3.8) is 0 Å². The fourth-order valence-corrected chi connectivity index (χ4v) is 3.09. The molecule has 3 N–H and O–H groups in total. The van der Waals surface area contributed by atoms with E-state index in [2.05, 4.69) is 10.3 Å². The van der Waals surface area contributed by atoms with Crippen molar-refractivity contribution < 1.29 is 13.8 Å². The third-order valence-corrected chi connectivity index (χ3v) is 4.57. The molecule has 23 heavy (non-hydrogen) atoms. The number of pyridine rings is 1. The fraction of sp³-hybridized carbons (Fsp3) is 0.188. The highest BCUT2D eigenvalue weighted by atomic mass is 32.2. The predicted molar refractivity (Wildman–Crippen MR) is 87.0 cm³/mol. The van der Waals surface area contributed by atoms with Crippen LogP contribution in [0.5, 0.6) is 0 Å². The number of hydrogen-bond acceptors (Lipinski definition) is 4. The average Bonchev–Trinajstić information content (AvgIpc) is 2.59. The molecule has 2 amide bonds. The predicted octanol–water partition coefficient (Wildman–Crippen LogP) is 0.863. The smallest absolute Gasteiger partial charge is 0.253 e. The third-order valence-electron chi connectivity index (χ3n) is 3.17. The molecule has 0 aliphatic rings. The molecule has 2 rings (SSSR count). The van der Waals surface area contributed by atoms with Gasteiger partial charge in [-0.15, -0.1) is 0 Å². The molecule has 0 saturated carbocycles. The van der Waals surface area contributed by atoms with Gasteiger partial charge in [0.1, 0.15) is 6.04 Å². The molecular formula is C16H17N3O3S. The van der Waals surface area contributed by atoms with Gasteiger partial charge >= 0.3 is 0 Å². The van der Waals surface area contributed by atoms with Crippen LogP contribution >= 0.6 is 0 Å². The zero-order chi connectivity index (χ0) is 16.7. The monoisotopic (exact) mass is 331 g/mol. The Balaban J connectivity index is 1.96. The number of nitrogens with one attached hydrogen (secondary N) is 1. The van der Waals surface area contributed by atoms with Crippen LogP contribution in [0, 0.1) is 0 Å². The lowest BCUT2D eigenvalue weighted by molar-refractivity contribution is -0.119. The molecule has 0 unspecified atom stereocenters. The van der Waals surface area contributed by atoms with Gasteiger partial charge in [0.05, 0.1) is 16.4 Å². The van der Waals surface area contributed by atoms with Gasteiger partial charge in [0.15, 0.2) is 0 Å². The Morgan fingerprint density at radius 2 is 1.91 bits per heavy atom. The van der Waals surface area contributed by atoms with Crippen LogP contribution in [0.15, 0.2) is 59.8 Å². The summed E-state index contributed by atoms with van der Waals surface area (Å²) in [6.07, 6.45) is 3.14. The minimum Gasteiger partial charge on any atom is -0.368 e. The van der Waals surface area contributed by atoms with E-state index in [1.807, 2.05) is 6.07 Å². The number of rotatable bonds is 7. The minimum atomic E-state index is -1.25. The maximum atomic E-state index is 12.2. The van der Waals surface area contributed by atoms with Crippen molar-refractivity contribution in [2.45, 2.75) is 17.4 Å². The summed E-state index contributed by atoms with van der Waals surface area (Å²) < 4.78 is 12.2. The van der Waals surface area contributed by atoms with Crippen LogP contribution in [0.3, 0.4) is 0 Å². The molecule has 2 atom stereocenters. The Labute approximate surface area is 136 Å². The number of carbonyl (C=O) groups is 2. The minimum absolute atomic E-state index is 0.197. The molecule has 0 spiro atoms. The fourth-order valence-electron chi connectivity index (χ4n) is 1.94. The van der Waals surface area contributed by atoms with E-state index in [0.717, 1.165) is 0 Å². The lowest BCUT2D eigenvalue weighted by Crippen LogP contribution is -2.45. The van der Waals surface area contributed by atoms with Crippen molar-refractivity contribution in [3.8, 4) is 0 Å². The second-order valence-electron chi connectivity index (χ2n) is 4.82. The Bertz CT molecular complexity index is 692. The normalized spacial score (nSPS) is 13.0. The highest BCUT2D eigenvalue weighted by Gasteiger charge is 2.20. The van der Waals surface area contributed by atoms with Crippen LogP contribution in [0.2, 0.25) is 0 Å². The SMILES string of the molecule is NC(=O)[C@H](CC[S@@](=O)c1ccccc1)NC(=O)c1cccnc1. The molecule has 6 nitrogen and oxygen atoms in total. The molecule has 0 aliphatic carbocycles. The zero-order valence-electron chi connectivity index (χ0n) is 12.3. The van der Waals surface area contributed by atoms with Crippen molar-refractivity contribution >= 4 is 22.6 Å². The molecule has 1 aromatic carbocycles. The first-order chi connectivity index (χ1) is 11.1. The first kappa shape index (κ1) is 16.8. The van der Waals surface area contributed by atoms with Crippen LogP contribution < -0.4 is 11.1 Å². The summed E-state index contributed by atoms with van der Waals surface area (Å²) in [5, 5.41) is 2.55. The number of primary amides is 1. The van der Waals surface area contributed by atoms with E-state index in [4.69, 9.17) is 5.73 Å². The third kappa shape index (κ3) is 5.00. The summed E-state index contributed by atoms with van der Waals surface area (Å²) in [6, 6.07) is 11.3. The lowest BCUT2D eigenvalue weighted by Gasteiger charge is -2.15. The van der Waals surface area contributed by atoms with E-state index in [9.17, 15) is 13.8 Å². The van der Waals surface area contributed by atoms with E-state index in [1.165, 1.54) is 6.20 Å². The van der Waals surface area contributed by atoms with Crippen LogP contribution in [0.25, 0.3) is 0 Å². The number of benzene rings is 1. The van der Waals surface area contributed by atoms with Gasteiger partial charge in [-0.25, -0.2) is 0 Å². The van der Waals surface area contributed by atoms with Crippen molar-refractivity contribution in [2.75, 3.05) is 5.75 Å². The van der Waals surface area contributed by atoms with Gasteiger partial charge in [-0.3, -0.25) is 18.8 Å². The summed E-state index contributed by atoms with van der Waals surface area (Å²) in [7, 11) is -1.25. The number of nitrogens with zero attached hydrogens (tertiary/aromatic N) is 1. The average molecular weight is 331 g/mol. The quantitative estimate of drug-likeness (QED) is 0.785. The topological polar surface area (TPSA) is 102 Å². The van der Waals surface area contributed by atoms with Crippen molar-refractivity contribution in [1.82, 2.24) is 10.3 Å². The van der Waals surface area contributed by atoms with Crippen molar-refractivity contribution in [2.24, 2.45) is 5.73 Å². The van der Waals surface area contributed by atoms with E-state index in [0.29, 0.717) is 10.5 Å². The molecule has 7 heteroatoms. The molecule has 0 bridgehead atoms. The maximum absolute atomic E-state index is 12.2. The number of carbonyl (C=O) groups excluding carboxylic acids is 2. The number of aromatic nitrogens is 1. The summed E-state index contributed by atoms with van der Waals surface area (Å²) >= 11 is 0. The Hall–Kier alpha value is -2.54. The number of nitrogens with two attached hydrogens (primary N) is 1. The number of amides is 2. The van der Waals surface area contributed by atoms with Gasteiger partial charge in [-0.1, -0.05) is 18.2 Å². The van der Waals surface area contributed by atoms with Gasteiger partial charge < -0.3 is 11.1 Å². The Morgan fingerprint density at radius 3 is 2.52 bits per heavy atom. The second-order valence-corrected chi connectivity index (χ2v) is 6.39. The standard InChI is InChI=1S/C16H17N3O3S/c17-15(20)14(19-16(21)12-5-4-9-18-11-12)8-10-23(22)13-6-2-1-3-7-13/h1-7,9,11,14H,8,10H2,(H2,17,20)(H,19,21)/t14-,23+/m0/s1. The molecule has 2 aromatic rings. The molecule has 1 heterocycles. The Kier molecular flexibility index (Phi) is 5.99. The zero-order valence-corrected chi connectivity index (χ0v) is 13.2. The Morgan fingerprint density at radius 1 is 1.17 bits per heavy atom. The van der Waals surface area contributed by atoms with Crippen LogP contribution in [0.4, 0.5) is 0 Å². The van der Waals surface area contributed by atoms with Gasteiger partial charge in [-0.2, -0.15) is 0 Å². The highest BCUT2D eigenvalue weighted by molar-refractivity contribution is 7.85. The van der Waals surface area contributed by atoms with Gasteiger partial charge in [0, 0.05) is 23.0 Å². The van der Waals surface area contributed by atoms with E-state index in [1.54, 1.807) is 42.6 Å². The van der Waals surface area contributed by atoms with Crippen LogP contribution in [0.1, 0.15) is 16.8 Å². The van der Waals surface area contributed by atoms with E-state index >= 15 is 0 Å². The van der Waals surface area contributed by atoms with Crippen LogP contribution in [-0.2, 0) is 15.6 Å². The molecule has 1 aromatic heterocycles. The highest BCUT2D eigenvalue weighted by Crippen LogP contribution is 2.08. The van der Waals surface area contributed by atoms with Crippen LogP contribution in [-0.4, -0.2) is 32.8 Å². The van der Waals surface area contributed by atoms with E-state index in [-0.39, 0.29) is 12.2 Å². The first-order valence-electron chi connectivity index (χ1n) is 7.01. The largest absolute Gasteiger partial charge is 0.368 e. The molecule has 0 radical (unpaired) electrons. The van der Waals surface area contributed by atoms with Gasteiger partial charge in [-0.05, 0) is 30.7 Å². The summed E-state index contributed by atoms with van der Waals surface area (Å²) in [5.74, 6) is -0.870. The van der Waals surface area contributed by atoms with E-state index < -0.39 is 28.7 Å². The molecule has 0 fully saturated rings. The molecule has 120 valence electrons. The number of hydrogen-bond donors (Lipinski definition) is 2. The van der Waals surface area contributed by atoms with Gasteiger partial charge in [0.2, 0.25) is 5.91 Å². The molecule has 0 saturated heterocycles. The summed E-state index contributed by atoms with van der Waals surface area (Å²) in [6.45, 7) is 0. The summed E-state index contributed by atoms with van der Waals surface area (Å²) in [5.41, 5.74) is 5.66. The maximum Gasteiger partial charge on any atom is 0.253 e. The lowest BCUT2D eigenvalue weighted by atomic mass is 10.2. The van der Waals surface area contributed by atoms with Gasteiger partial charge in [0.25, 0.3) is 5.91 Å². The first-order valence-corrected chi connectivity index (χ1v) is 8.33. The molecule has 0 aliphatic heterocycles.